The molecule has 12 nitrogen and oxygen atoms in total. The zero-order valence-corrected chi connectivity index (χ0v) is 28.3. The molecule has 12 heteroatoms. The number of fused-ring (bicyclic) bond motifs is 3. The van der Waals surface area contributed by atoms with Crippen LogP contribution < -0.4 is 16.0 Å². The van der Waals surface area contributed by atoms with E-state index in [9.17, 15) is 19.6 Å². The van der Waals surface area contributed by atoms with Crippen molar-refractivity contribution in [3.8, 4) is 6.07 Å². The SMILES string of the molecule is CCNC(=O)c1ccc2c(c1)CCc1cc(C(=O)NCC)ccc1C2(CC1(NCC(=O)N2C(C#N)C[C@@H]3C[C@@H]32)CCCCC1)c1nnn[nH]1. The highest BCUT2D eigenvalue weighted by atomic mass is 16.2. The Hall–Kier alpha value is -4.63. The third kappa shape index (κ3) is 5.98. The van der Waals surface area contributed by atoms with Crippen LogP contribution in [0.3, 0.4) is 0 Å². The molecular formula is C37H45N9O3. The Morgan fingerprint density at radius 2 is 1.57 bits per heavy atom. The molecule has 3 amide bonds. The molecule has 2 aromatic carbocycles. The minimum absolute atomic E-state index is 0.0169. The number of piperidine rings is 1. The Morgan fingerprint density at radius 3 is 2.12 bits per heavy atom. The molecule has 1 unspecified atom stereocenters. The van der Waals surface area contributed by atoms with Gasteiger partial charge in [-0.3, -0.25) is 14.4 Å². The summed E-state index contributed by atoms with van der Waals surface area (Å²) in [5.74, 6) is 0.758. The predicted octanol–water partition coefficient (Wildman–Crippen LogP) is 3.33. The maximum Gasteiger partial charge on any atom is 0.251 e. The molecule has 0 spiro atoms. The summed E-state index contributed by atoms with van der Waals surface area (Å²) in [4.78, 5) is 41.7. The van der Waals surface area contributed by atoms with Crippen LogP contribution in [0.5, 0.6) is 0 Å². The van der Waals surface area contributed by atoms with Crippen molar-refractivity contribution in [3.63, 3.8) is 0 Å². The lowest BCUT2D eigenvalue weighted by Crippen LogP contribution is -2.55. The second-order valence-corrected chi connectivity index (χ2v) is 14.2. The highest BCUT2D eigenvalue weighted by Crippen LogP contribution is 2.51. The van der Waals surface area contributed by atoms with E-state index in [1.54, 1.807) is 0 Å². The zero-order chi connectivity index (χ0) is 34.2. The molecule has 3 aromatic rings. The number of benzene rings is 2. The number of hydrogen-bond donors (Lipinski definition) is 4. The summed E-state index contributed by atoms with van der Waals surface area (Å²) in [6, 6.07) is 14.0. The second kappa shape index (κ2) is 13.3. The molecule has 256 valence electrons. The Kier molecular flexibility index (Phi) is 8.96. The van der Waals surface area contributed by atoms with Crippen LogP contribution in [0.25, 0.3) is 0 Å². The molecule has 2 heterocycles. The molecule has 3 aliphatic carbocycles. The number of aromatic nitrogens is 4. The number of carbonyl (C=O) groups is 3. The maximum absolute atomic E-state index is 13.8. The molecule has 1 aliphatic heterocycles. The quantitative estimate of drug-likeness (QED) is 0.256. The van der Waals surface area contributed by atoms with Crippen molar-refractivity contribution < 1.29 is 14.4 Å². The summed E-state index contributed by atoms with van der Waals surface area (Å²) >= 11 is 0. The minimum atomic E-state index is -0.887. The second-order valence-electron chi connectivity index (χ2n) is 14.2. The molecule has 4 N–H and O–H groups in total. The first-order valence-corrected chi connectivity index (χ1v) is 17.9. The van der Waals surface area contributed by atoms with Crippen molar-refractivity contribution in [1.82, 2.24) is 41.5 Å². The van der Waals surface area contributed by atoms with Gasteiger partial charge in [-0.1, -0.05) is 31.4 Å². The van der Waals surface area contributed by atoms with E-state index in [-0.39, 0.29) is 36.3 Å². The van der Waals surface area contributed by atoms with E-state index in [4.69, 9.17) is 0 Å². The molecule has 7 rings (SSSR count). The van der Waals surface area contributed by atoms with Crippen molar-refractivity contribution in [2.75, 3.05) is 19.6 Å². The van der Waals surface area contributed by atoms with Gasteiger partial charge in [0.15, 0.2) is 5.82 Å². The Balaban J connectivity index is 1.35. The first kappa shape index (κ1) is 32.9. The van der Waals surface area contributed by atoms with Gasteiger partial charge < -0.3 is 20.9 Å². The Morgan fingerprint density at radius 1 is 0.939 bits per heavy atom. The van der Waals surface area contributed by atoms with Crippen LogP contribution in [0, 0.1) is 17.2 Å². The number of nitrogens with zero attached hydrogens (tertiary/aromatic N) is 5. The highest BCUT2D eigenvalue weighted by molar-refractivity contribution is 5.95. The largest absolute Gasteiger partial charge is 0.352 e. The van der Waals surface area contributed by atoms with E-state index < -0.39 is 11.0 Å². The fourth-order valence-corrected chi connectivity index (χ4v) is 8.96. The molecular weight excluding hydrogens is 618 g/mol. The summed E-state index contributed by atoms with van der Waals surface area (Å²) in [5, 5.41) is 35.3. The van der Waals surface area contributed by atoms with Gasteiger partial charge in [-0.25, -0.2) is 5.10 Å². The number of nitriles is 1. The van der Waals surface area contributed by atoms with Crippen LogP contribution in [-0.4, -0.2) is 80.5 Å². The maximum atomic E-state index is 13.8. The number of likely N-dealkylation sites (tertiary alicyclic amines) is 1. The molecule has 3 atom stereocenters. The third-order valence-corrected chi connectivity index (χ3v) is 11.3. The van der Waals surface area contributed by atoms with Crippen LogP contribution in [0.4, 0.5) is 0 Å². The first-order chi connectivity index (χ1) is 23.8. The summed E-state index contributed by atoms with van der Waals surface area (Å²) in [6.07, 6.45) is 8.46. The molecule has 2 saturated carbocycles. The van der Waals surface area contributed by atoms with Crippen LogP contribution in [-0.2, 0) is 23.1 Å². The lowest BCUT2D eigenvalue weighted by atomic mass is 9.62. The normalized spacial score (nSPS) is 22.9. The number of H-pyrrole nitrogens is 1. The lowest BCUT2D eigenvalue weighted by Gasteiger charge is -2.46. The number of tetrazole rings is 1. The average Bonchev–Trinajstić information content (AvgIpc) is 3.50. The molecule has 1 saturated heterocycles. The molecule has 4 aliphatic rings. The van der Waals surface area contributed by atoms with Crippen molar-refractivity contribution in [2.45, 2.75) is 101 Å². The average molecular weight is 664 g/mol. The molecule has 3 fully saturated rings. The summed E-state index contributed by atoms with van der Waals surface area (Å²) in [6.45, 7) is 5.01. The Bertz CT molecular complexity index is 1710. The topological polar surface area (TPSA) is 169 Å². The summed E-state index contributed by atoms with van der Waals surface area (Å²) in [5.41, 5.74) is 3.89. The third-order valence-electron chi connectivity index (χ3n) is 11.3. The van der Waals surface area contributed by atoms with Crippen LogP contribution >= 0.6 is 0 Å². The predicted molar refractivity (Wildman–Crippen MR) is 182 cm³/mol. The van der Waals surface area contributed by atoms with E-state index in [1.807, 2.05) is 55.1 Å². The lowest BCUT2D eigenvalue weighted by molar-refractivity contribution is -0.131. The fourth-order valence-electron chi connectivity index (χ4n) is 8.96. The number of rotatable bonds is 10. The number of carbonyl (C=O) groups excluding carboxylic acids is 3. The van der Waals surface area contributed by atoms with E-state index in [2.05, 4.69) is 42.6 Å². The fraction of sp³-hybridized carbons (Fsp3) is 0.541. The van der Waals surface area contributed by atoms with Gasteiger partial charge in [-0.2, -0.15) is 5.26 Å². The van der Waals surface area contributed by atoms with Crippen LogP contribution in [0.15, 0.2) is 36.4 Å². The molecule has 1 aromatic heterocycles. The Labute approximate surface area is 286 Å². The number of nitrogens with one attached hydrogen (secondary N) is 4. The van der Waals surface area contributed by atoms with Crippen molar-refractivity contribution >= 4 is 17.7 Å². The smallest absolute Gasteiger partial charge is 0.251 e. The number of aromatic amines is 1. The van der Waals surface area contributed by atoms with E-state index in [0.717, 1.165) is 67.2 Å². The molecule has 0 bridgehead atoms. The minimum Gasteiger partial charge on any atom is -0.352 e. The van der Waals surface area contributed by atoms with E-state index in [0.29, 0.717) is 55.2 Å². The highest BCUT2D eigenvalue weighted by Gasteiger charge is 2.55. The van der Waals surface area contributed by atoms with Gasteiger partial charge in [0.2, 0.25) is 5.91 Å². The standard InChI is InChI=1S/C37H45N9O3/c1-3-39-33(48)25-10-12-29-23(16-25)8-9-24-17-26(34(49)40-4-2)11-13-30(24)37(29,35-42-44-45-43-35)22-36(14-6-5-7-15-36)41-21-32(47)46-28(20-38)18-27-19-31(27)46/h10-13,16-17,27-28,31,41H,3-9,14-15,18-19,21-22H2,1-2H3,(H,39,48)(H,40,49)(H,42,43,44,45)/t27-,28?,31+/m1/s1. The van der Waals surface area contributed by atoms with Gasteiger partial charge in [0, 0.05) is 35.8 Å². The monoisotopic (exact) mass is 663 g/mol. The van der Waals surface area contributed by atoms with Crippen LogP contribution in [0.1, 0.15) is 114 Å². The van der Waals surface area contributed by atoms with Crippen LogP contribution in [0.2, 0.25) is 0 Å². The van der Waals surface area contributed by atoms with Crippen molar-refractivity contribution in [3.05, 3.63) is 75.6 Å². The van der Waals surface area contributed by atoms with Gasteiger partial charge in [0.1, 0.15) is 6.04 Å². The molecule has 49 heavy (non-hydrogen) atoms. The zero-order valence-electron chi connectivity index (χ0n) is 28.3. The van der Waals surface area contributed by atoms with Gasteiger partial charge in [0.25, 0.3) is 11.8 Å². The van der Waals surface area contributed by atoms with Gasteiger partial charge in [-0.05, 0) is 122 Å². The number of hydrogen-bond acceptors (Lipinski definition) is 8. The molecule has 0 radical (unpaired) electrons. The number of amides is 3. The van der Waals surface area contributed by atoms with Gasteiger partial charge in [-0.15, -0.1) is 5.10 Å². The summed E-state index contributed by atoms with van der Waals surface area (Å²) in [7, 11) is 0. The van der Waals surface area contributed by atoms with Crippen molar-refractivity contribution in [1.29, 1.82) is 5.26 Å². The van der Waals surface area contributed by atoms with Crippen molar-refractivity contribution in [2.24, 2.45) is 5.92 Å². The van der Waals surface area contributed by atoms with E-state index in [1.165, 1.54) is 0 Å². The van der Waals surface area contributed by atoms with Gasteiger partial charge >= 0.3 is 0 Å². The van der Waals surface area contributed by atoms with Gasteiger partial charge in [0.05, 0.1) is 18.0 Å². The van der Waals surface area contributed by atoms with E-state index >= 15 is 0 Å². The number of aryl methyl sites for hydroxylation is 2. The first-order valence-electron chi connectivity index (χ1n) is 17.9. The summed E-state index contributed by atoms with van der Waals surface area (Å²) < 4.78 is 0.